The Bertz CT molecular complexity index is 1060. The van der Waals surface area contributed by atoms with Crippen LogP contribution >= 0.6 is 11.6 Å². The van der Waals surface area contributed by atoms with Gasteiger partial charge in [-0.05, 0) is 42.5 Å². The molecule has 0 radical (unpaired) electrons. The van der Waals surface area contributed by atoms with Crippen LogP contribution < -0.4 is 39.6 Å². The zero-order valence-corrected chi connectivity index (χ0v) is 18.2. The van der Waals surface area contributed by atoms with Crippen LogP contribution in [-0.4, -0.2) is 29.0 Å². The molecule has 0 amide bonds. The van der Waals surface area contributed by atoms with Crippen molar-refractivity contribution in [2.24, 2.45) is 5.92 Å². The summed E-state index contributed by atoms with van der Waals surface area (Å²) >= 11 is 5.75. The number of anilines is 1. The van der Waals surface area contributed by atoms with Gasteiger partial charge in [-0.1, -0.05) is 11.6 Å². The number of rotatable bonds is 4. The van der Waals surface area contributed by atoms with Crippen molar-refractivity contribution in [3.8, 4) is 22.6 Å². The number of aromatic nitrogens is 2. The third-order valence-corrected chi connectivity index (χ3v) is 4.88. The first-order chi connectivity index (χ1) is 13.4. The molecule has 0 spiro atoms. The number of carbonyl (C=O) groups excluding carboxylic acids is 1. The fourth-order valence-electron chi connectivity index (χ4n) is 2.94. The summed E-state index contributed by atoms with van der Waals surface area (Å²) in [7, 11) is 0. The van der Waals surface area contributed by atoms with E-state index in [1.165, 1.54) is 24.3 Å². The molecule has 2 heterocycles. The standard InChI is InChI=1S/C20H14ClF2N3O2.Na/c21-15-6-3-12(7-16(15)23)19-24-17(11-1-4-14(22)5-2-11)8-18(25-19)26-9-13(10-26)20(27)28;/h1-8,13H,9-10H2,(H,27,28);/q;+1/p-1. The molecule has 0 bridgehead atoms. The van der Waals surface area contributed by atoms with Gasteiger partial charge in [0.25, 0.3) is 0 Å². The largest absolute Gasteiger partial charge is 1.00 e. The van der Waals surface area contributed by atoms with Gasteiger partial charge in [-0.25, -0.2) is 18.7 Å². The summed E-state index contributed by atoms with van der Waals surface area (Å²) < 4.78 is 27.2. The van der Waals surface area contributed by atoms with Gasteiger partial charge in [-0.2, -0.15) is 0 Å². The second-order valence-electron chi connectivity index (χ2n) is 6.49. The van der Waals surface area contributed by atoms with Crippen molar-refractivity contribution in [3.05, 3.63) is 65.2 Å². The molecule has 0 unspecified atom stereocenters. The molecule has 1 saturated heterocycles. The van der Waals surface area contributed by atoms with E-state index in [9.17, 15) is 18.7 Å². The van der Waals surface area contributed by atoms with Gasteiger partial charge in [-0.3, -0.25) is 0 Å². The first kappa shape index (κ1) is 21.6. The van der Waals surface area contributed by atoms with E-state index >= 15 is 0 Å². The van der Waals surface area contributed by atoms with Crippen LogP contribution in [0.1, 0.15) is 0 Å². The molecule has 3 aromatic rings. The van der Waals surface area contributed by atoms with Crippen LogP contribution in [-0.2, 0) is 4.79 Å². The van der Waals surface area contributed by atoms with Crippen molar-refractivity contribution >= 4 is 23.4 Å². The van der Waals surface area contributed by atoms with Crippen molar-refractivity contribution < 1.29 is 48.2 Å². The number of halogens is 3. The molecule has 29 heavy (non-hydrogen) atoms. The molecule has 0 atom stereocenters. The Kier molecular flexibility index (Phi) is 6.53. The van der Waals surface area contributed by atoms with Crippen LogP contribution in [0.3, 0.4) is 0 Å². The Morgan fingerprint density at radius 2 is 1.69 bits per heavy atom. The summed E-state index contributed by atoms with van der Waals surface area (Å²) in [5.41, 5.74) is 1.58. The molecule has 1 aliphatic heterocycles. The Balaban J connectivity index is 0.00000240. The van der Waals surface area contributed by atoms with Gasteiger partial charge in [0, 0.05) is 42.2 Å². The monoisotopic (exact) mass is 423 g/mol. The Morgan fingerprint density at radius 1 is 1.03 bits per heavy atom. The minimum atomic E-state index is -1.11. The smallest absolute Gasteiger partial charge is 0.550 e. The average Bonchev–Trinajstić information content (AvgIpc) is 2.63. The van der Waals surface area contributed by atoms with Crippen LogP contribution in [0.5, 0.6) is 0 Å². The van der Waals surface area contributed by atoms with Gasteiger partial charge >= 0.3 is 29.6 Å². The van der Waals surface area contributed by atoms with Gasteiger partial charge in [0.05, 0.1) is 10.7 Å². The van der Waals surface area contributed by atoms with Gasteiger partial charge < -0.3 is 14.8 Å². The summed E-state index contributed by atoms with van der Waals surface area (Å²) in [6, 6.07) is 11.7. The van der Waals surface area contributed by atoms with Crippen LogP contribution in [0, 0.1) is 17.6 Å². The normalized spacial score (nSPS) is 13.6. The maximum atomic E-state index is 13.9. The maximum absolute atomic E-state index is 13.9. The Labute approximate surface area is 192 Å². The van der Waals surface area contributed by atoms with Gasteiger partial charge in [0.2, 0.25) is 0 Å². The molecule has 1 aliphatic rings. The van der Waals surface area contributed by atoms with E-state index in [4.69, 9.17) is 11.6 Å². The van der Waals surface area contributed by atoms with Gasteiger partial charge in [-0.15, -0.1) is 0 Å². The molecule has 142 valence electrons. The van der Waals surface area contributed by atoms with E-state index in [0.717, 1.165) is 0 Å². The quantitative estimate of drug-likeness (QED) is 0.550. The molecule has 0 N–H and O–H groups in total. The van der Waals surface area contributed by atoms with Crippen LogP contribution in [0.25, 0.3) is 22.6 Å². The molecular weight excluding hydrogens is 411 g/mol. The van der Waals surface area contributed by atoms with Crippen molar-refractivity contribution in [1.29, 1.82) is 0 Å². The van der Waals surface area contributed by atoms with Crippen molar-refractivity contribution in [1.82, 2.24) is 9.97 Å². The Morgan fingerprint density at radius 3 is 2.31 bits per heavy atom. The number of carbonyl (C=O) groups is 1. The summed E-state index contributed by atoms with van der Waals surface area (Å²) in [6.45, 7) is 0.521. The number of nitrogens with zero attached hydrogens (tertiary/aromatic N) is 3. The second kappa shape index (κ2) is 8.75. The van der Waals surface area contributed by atoms with E-state index in [0.29, 0.717) is 22.6 Å². The molecule has 1 aromatic heterocycles. The van der Waals surface area contributed by atoms with E-state index in [-0.39, 0.29) is 59.3 Å². The maximum Gasteiger partial charge on any atom is 1.00 e. The molecule has 2 aromatic carbocycles. The third kappa shape index (κ3) is 4.59. The Hall–Kier alpha value is -2.06. The van der Waals surface area contributed by atoms with E-state index < -0.39 is 17.7 Å². The van der Waals surface area contributed by atoms with Gasteiger partial charge in [0.1, 0.15) is 17.5 Å². The predicted molar refractivity (Wildman–Crippen MR) is 98.5 cm³/mol. The number of carboxylic acids is 1. The van der Waals surface area contributed by atoms with Crippen LogP contribution in [0.4, 0.5) is 14.6 Å². The average molecular weight is 424 g/mol. The third-order valence-electron chi connectivity index (χ3n) is 4.57. The SMILES string of the molecule is O=C([O-])C1CN(c2cc(-c3ccc(F)cc3)nc(-c3ccc(Cl)c(F)c3)n2)C1.[Na+]. The predicted octanol–water partition coefficient (Wildman–Crippen LogP) is -0.0677. The number of carboxylic acid groups (broad SMARTS) is 1. The number of aliphatic carboxylic acids is 1. The number of hydrogen-bond acceptors (Lipinski definition) is 5. The zero-order valence-electron chi connectivity index (χ0n) is 15.4. The fourth-order valence-corrected chi connectivity index (χ4v) is 3.06. The van der Waals surface area contributed by atoms with E-state index in [1.54, 1.807) is 29.2 Å². The summed E-state index contributed by atoms with van der Waals surface area (Å²) in [5.74, 6) is -1.90. The molecule has 0 saturated carbocycles. The summed E-state index contributed by atoms with van der Waals surface area (Å²) in [5, 5.41) is 11.0. The van der Waals surface area contributed by atoms with Crippen molar-refractivity contribution in [2.45, 2.75) is 0 Å². The minimum Gasteiger partial charge on any atom is -0.550 e. The van der Waals surface area contributed by atoms with Crippen molar-refractivity contribution in [3.63, 3.8) is 0 Å². The molecule has 0 aliphatic carbocycles. The molecule has 9 heteroatoms. The van der Waals surface area contributed by atoms with Crippen LogP contribution in [0.2, 0.25) is 5.02 Å². The second-order valence-corrected chi connectivity index (χ2v) is 6.90. The number of benzene rings is 2. The summed E-state index contributed by atoms with van der Waals surface area (Å²) in [6.07, 6.45) is 0. The van der Waals surface area contributed by atoms with Crippen molar-refractivity contribution in [2.75, 3.05) is 18.0 Å². The molecule has 1 fully saturated rings. The van der Waals surface area contributed by atoms with E-state index in [2.05, 4.69) is 9.97 Å². The first-order valence-electron chi connectivity index (χ1n) is 8.47. The zero-order chi connectivity index (χ0) is 19.8. The minimum absolute atomic E-state index is 0. The fraction of sp³-hybridized carbons (Fsp3) is 0.150. The topological polar surface area (TPSA) is 69.2 Å². The molecule has 4 rings (SSSR count). The van der Waals surface area contributed by atoms with E-state index in [1.807, 2.05) is 0 Å². The van der Waals surface area contributed by atoms with Gasteiger partial charge in [0.15, 0.2) is 5.82 Å². The molecular formula is C20H13ClF2N3NaO2. The first-order valence-corrected chi connectivity index (χ1v) is 8.85. The number of hydrogen-bond donors (Lipinski definition) is 0. The molecule has 5 nitrogen and oxygen atoms in total. The van der Waals surface area contributed by atoms with Crippen LogP contribution in [0.15, 0.2) is 48.5 Å². The summed E-state index contributed by atoms with van der Waals surface area (Å²) in [4.78, 5) is 21.7.